The highest BCUT2D eigenvalue weighted by atomic mass is 16.5. The summed E-state index contributed by atoms with van der Waals surface area (Å²) < 4.78 is 5.29. The molecule has 0 aromatic heterocycles. The van der Waals surface area contributed by atoms with Gasteiger partial charge in [0.2, 0.25) is 0 Å². The fourth-order valence-corrected chi connectivity index (χ4v) is 3.05. The summed E-state index contributed by atoms with van der Waals surface area (Å²) in [5.41, 5.74) is -0.498. The number of carbonyl (C=O) groups is 2. The fourth-order valence-electron chi connectivity index (χ4n) is 3.05. The maximum atomic E-state index is 11.7. The van der Waals surface area contributed by atoms with Crippen LogP contribution in [-0.2, 0) is 14.3 Å². The monoisotopic (exact) mass is 384 g/mol. The lowest BCUT2D eigenvalue weighted by Gasteiger charge is -2.20. The maximum absolute atomic E-state index is 11.7. The Morgan fingerprint density at radius 3 is 1.89 bits per heavy atom. The van der Waals surface area contributed by atoms with Crippen LogP contribution in [0.25, 0.3) is 0 Å². The molecule has 0 aromatic rings. The van der Waals surface area contributed by atoms with Crippen LogP contribution in [0.3, 0.4) is 0 Å². The van der Waals surface area contributed by atoms with Crippen LogP contribution >= 0.6 is 0 Å². The van der Waals surface area contributed by atoms with Crippen LogP contribution in [-0.4, -0.2) is 29.1 Å². The molecular weight excluding hydrogens is 340 g/mol. The molecule has 1 unspecified atom stereocenters. The molecule has 0 saturated heterocycles. The minimum absolute atomic E-state index is 0.0713. The van der Waals surface area contributed by atoms with Gasteiger partial charge in [0.25, 0.3) is 0 Å². The molecule has 27 heavy (non-hydrogen) atoms. The van der Waals surface area contributed by atoms with Gasteiger partial charge in [-0.15, -0.1) is 0 Å². The molecule has 0 amide bonds. The van der Waals surface area contributed by atoms with Gasteiger partial charge in [0.05, 0.1) is 12.2 Å². The molecule has 0 bridgehead atoms. The Balaban J connectivity index is 3.29. The molecule has 0 aliphatic rings. The lowest BCUT2D eigenvalue weighted by Crippen LogP contribution is -2.22. The van der Waals surface area contributed by atoms with Crippen molar-refractivity contribution in [2.45, 2.75) is 129 Å². The second-order valence-corrected chi connectivity index (χ2v) is 8.10. The Labute approximate surface area is 167 Å². The molecule has 0 aliphatic heterocycles. The molecule has 4 nitrogen and oxygen atoms in total. The quantitative estimate of drug-likeness (QED) is 0.215. The number of esters is 1. The first-order chi connectivity index (χ1) is 12.9. The highest BCUT2D eigenvalue weighted by Crippen LogP contribution is 2.18. The lowest BCUT2D eigenvalue weighted by atomic mass is 9.95. The zero-order chi connectivity index (χ0) is 20.4. The van der Waals surface area contributed by atoms with E-state index >= 15 is 0 Å². The first kappa shape index (κ1) is 26.1. The van der Waals surface area contributed by atoms with Crippen molar-refractivity contribution >= 4 is 11.8 Å². The van der Waals surface area contributed by atoms with Crippen molar-refractivity contribution in [2.75, 3.05) is 6.61 Å². The zero-order valence-corrected chi connectivity index (χ0v) is 18.2. The highest BCUT2D eigenvalue weighted by Gasteiger charge is 2.15. The standard InChI is InChI=1S/C23H44O4/c1-4-21(24)17-13-9-8-10-14-18-22(25)27-20-16-12-7-6-11-15-19-23(3,26)5-2/h26H,4-20H2,1-3H3. The summed E-state index contributed by atoms with van der Waals surface area (Å²) >= 11 is 0. The average Bonchev–Trinajstić information content (AvgIpc) is 2.65. The topological polar surface area (TPSA) is 63.6 Å². The highest BCUT2D eigenvalue weighted by molar-refractivity contribution is 5.77. The van der Waals surface area contributed by atoms with Crippen LogP contribution in [0.4, 0.5) is 0 Å². The normalized spacial score (nSPS) is 13.3. The summed E-state index contributed by atoms with van der Waals surface area (Å²) in [6, 6.07) is 0. The smallest absolute Gasteiger partial charge is 0.305 e. The van der Waals surface area contributed by atoms with Crippen molar-refractivity contribution in [2.24, 2.45) is 0 Å². The number of rotatable bonds is 19. The second kappa shape index (κ2) is 17.2. The van der Waals surface area contributed by atoms with Gasteiger partial charge >= 0.3 is 5.97 Å². The molecule has 0 radical (unpaired) electrons. The third kappa shape index (κ3) is 18.2. The van der Waals surface area contributed by atoms with Crippen LogP contribution in [0, 0.1) is 0 Å². The van der Waals surface area contributed by atoms with E-state index in [2.05, 4.69) is 0 Å². The minimum Gasteiger partial charge on any atom is -0.466 e. The molecule has 0 aliphatic carbocycles. The zero-order valence-electron chi connectivity index (χ0n) is 18.2. The van der Waals surface area contributed by atoms with Gasteiger partial charge in [0.15, 0.2) is 0 Å². The molecule has 1 N–H and O–H groups in total. The fraction of sp³-hybridized carbons (Fsp3) is 0.913. The summed E-state index contributed by atoms with van der Waals surface area (Å²) in [4.78, 5) is 22.8. The van der Waals surface area contributed by atoms with Gasteiger partial charge in [-0.1, -0.05) is 65.2 Å². The van der Waals surface area contributed by atoms with E-state index in [1.807, 2.05) is 20.8 Å². The molecule has 0 rings (SSSR count). The minimum atomic E-state index is -0.498. The molecule has 0 aromatic carbocycles. The van der Waals surface area contributed by atoms with E-state index in [0.717, 1.165) is 64.2 Å². The number of hydrogen-bond donors (Lipinski definition) is 1. The predicted molar refractivity (Wildman–Crippen MR) is 112 cm³/mol. The van der Waals surface area contributed by atoms with E-state index in [1.165, 1.54) is 19.3 Å². The molecule has 0 heterocycles. The third-order valence-electron chi connectivity index (χ3n) is 5.37. The van der Waals surface area contributed by atoms with E-state index in [-0.39, 0.29) is 5.97 Å². The molecule has 0 spiro atoms. The molecule has 160 valence electrons. The van der Waals surface area contributed by atoms with Crippen molar-refractivity contribution < 1.29 is 19.4 Å². The molecule has 1 atom stereocenters. The number of Topliss-reactive ketones (excluding diaryl/α,β-unsaturated/α-hetero) is 1. The molecule has 0 saturated carbocycles. The van der Waals surface area contributed by atoms with Gasteiger partial charge in [-0.05, 0) is 39.0 Å². The van der Waals surface area contributed by atoms with E-state index in [1.54, 1.807) is 0 Å². The number of aliphatic hydroxyl groups is 1. The summed E-state index contributed by atoms with van der Waals surface area (Å²) in [5.74, 6) is 0.279. The van der Waals surface area contributed by atoms with E-state index in [0.29, 0.717) is 31.7 Å². The number of ketones is 1. The second-order valence-electron chi connectivity index (χ2n) is 8.10. The molecule has 0 fully saturated rings. The SMILES string of the molecule is CCC(=O)CCCCCCCC(=O)OCCCCCCCCC(C)(O)CC. The average molecular weight is 385 g/mol. The van der Waals surface area contributed by atoms with Gasteiger partial charge in [0.1, 0.15) is 5.78 Å². The first-order valence-corrected chi connectivity index (χ1v) is 11.3. The number of hydrogen-bond acceptors (Lipinski definition) is 4. The Kier molecular flexibility index (Phi) is 16.6. The summed E-state index contributed by atoms with van der Waals surface area (Å²) in [6.07, 6.45) is 15.3. The van der Waals surface area contributed by atoms with Crippen LogP contribution in [0.5, 0.6) is 0 Å². The van der Waals surface area contributed by atoms with Gasteiger partial charge in [-0.25, -0.2) is 0 Å². The van der Waals surface area contributed by atoms with E-state index in [4.69, 9.17) is 4.74 Å². The Morgan fingerprint density at radius 1 is 0.778 bits per heavy atom. The van der Waals surface area contributed by atoms with E-state index in [9.17, 15) is 14.7 Å². The summed E-state index contributed by atoms with van der Waals surface area (Å²) in [5, 5.41) is 9.93. The van der Waals surface area contributed by atoms with Gasteiger partial charge in [0, 0.05) is 19.3 Å². The summed E-state index contributed by atoms with van der Waals surface area (Å²) in [7, 11) is 0. The van der Waals surface area contributed by atoms with Crippen molar-refractivity contribution in [3.63, 3.8) is 0 Å². The van der Waals surface area contributed by atoms with Crippen LogP contribution < -0.4 is 0 Å². The first-order valence-electron chi connectivity index (χ1n) is 11.3. The molecule has 4 heteroatoms. The van der Waals surface area contributed by atoms with Gasteiger partial charge in [-0.2, -0.15) is 0 Å². The third-order valence-corrected chi connectivity index (χ3v) is 5.37. The number of unbranched alkanes of at least 4 members (excludes halogenated alkanes) is 9. The van der Waals surface area contributed by atoms with Crippen molar-refractivity contribution in [3.05, 3.63) is 0 Å². The lowest BCUT2D eigenvalue weighted by molar-refractivity contribution is -0.143. The van der Waals surface area contributed by atoms with Crippen molar-refractivity contribution in [3.8, 4) is 0 Å². The predicted octanol–water partition coefficient (Wildman–Crippen LogP) is 6.13. The van der Waals surface area contributed by atoms with Crippen LogP contribution in [0.2, 0.25) is 0 Å². The number of ether oxygens (including phenoxy) is 1. The Bertz CT molecular complexity index is 377. The Morgan fingerprint density at radius 2 is 1.30 bits per heavy atom. The van der Waals surface area contributed by atoms with Gasteiger partial charge in [-0.3, -0.25) is 9.59 Å². The number of carbonyl (C=O) groups excluding carboxylic acids is 2. The van der Waals surface area contributed by atoms with Gasteiger partial charge < -0.3 is 9.84 Å². The van der Waals surface area contributed by atoms with Crippen LogP contribution in [0.15, 0.2) is 0 Å². The molecular formula is C23H44O4. The largest absolute Gasteiger partial charge is 0.466 e. The Hall–Kier alpha value is -0.900. The van der Waals surface area contributed by atoms with Crippen molar-refractivity contribution in [1.82, 2.24) is 0 Å². The van der Waals surface area contributed by atoms with E-state index < -0.39 is 5.60 Å². The van der Waals surface area contributed by atoms with Crippen molar-refractivity contribution in [1.29, 1.82) is 0 Å². The van der Waals surface area contributed by atoms with Crippen LogP contribution in [0.1, 0.15) is 124 Å². The maximum Gasteiger partial charge on any atom is 0.305 e. The summed E-state index contributed by atoms with van der Waals surface area (Å²) in [6.45, 7) is 6.40.